The third-order valence-corrected chi connectivity index (χ3v) is 3.05. The second-order valence-electron chi connectivity index (χ2n) is 4.33. The van der Waals surface area contributed by atoms with Gasteiger partial charge in [-0.2, -0.15) is 0 Å². The zero-order valence-electron chi connectivity index (χ0n) is 10.3. The molecule has 2 aromatic rings. The van der Waals surface area contributed by atoms with E-state index < -0.39 is 11.8 Å². The Bertz CT molecular complexity index is 723. The van der Waals surface area contributed by atoms with Gasteiger partial charge in [0.25, 0.3) is 17.7 Å². The Hall–Kier alpha value is -2.95. The number of carbonyl (C=O) groups excluding carboxylic acids is 3. The number of rotatable bonds is 2. The first-order valence-electron chi connectivity index (χ1n) is 6.02. The van der Waals surface area contributed by atoms with Crippen molar-refractivity contribution in [2.45, 2.75) is 0 Å². The maximum absolute atomic E-state index is 12.1. The van der Waals surface area contributed by atoms with Crippen molar-refractivity contribution in [1.29, 1.82) is 0 Å². The van der Waals surface area contributed by atoms with Gasteiger partial charge in [-0.3, -0.25) is 19.7 Å². The summed E-state index contributed by atoms with van der Waals surface area (Å²) in [5, 5.41) is 4.86. The number of hydrogen-bond donors (Lipinski definition) is 2. The average Bonchev–Trinajstić information content (AvgIpc) is 2.76. The third kappa shape index (κ3) is 1.95. The van der Waals surface area contributed by atoms with E-state index in [-0.39, 0.29) is 17.0 Å². The molecule has 3 amide bonds. The Morgan fingerprint density at radius 1 is 0.900 bits per heavy atom. The molecule has 0 unspecified atom stereocenters. The van der Waals surface area contributed by atoms with Crippen molar-refractivity contribution < 1.29 is 14.4 Å². The Kier molecular flexibility index (Phi) is 2.80. The van der Waals surface area contributed by atoms with Gasteiger partial charge in [0.05, 0.1) is 16.8 Å². The highest BCUT2D eigenvalue weighted by molar-refractivity contribution is 6.25. The highest BCUT2D eigenvalue weighted by Crippen LogP contribution is 2.24. The predicted molar refractivity (Wildman–Crippen MR) is 72.6 cm³/mol. The molecule has 0 bridgehead atoms. The molecular weight excluding hydrogens is 256 g/mol. The van der Waals surface area contributed by atoms with Crippen molar-refractivity contribution in [3.05, 3.63) is 65.2 Å². The zero-order valence-corrected chi connectivity index (χ0v) is 10.3. The zero-order chi connectivity index (χ0) is 14.1. The molecule has 3 rings (SSSR count). The van der Waals surface area contributed by atoms with Gasteiger partial charge in [0.2, 0.25) is 0 Å². The number of fused-ring (bicyclic) bond motifs is 1. The van der Waals surface area contributed by atoms with Crippen molar-refractivity contribution in [1.82, 2.24) is 5.32 Å². The van der Waals surface area contributed by atoms with Crippen LogP contribution in [0.1, 0.15) is 31.1 Å². The van der Waals surface area contributed by atoms with Gasteiger partial charge in [-0.1, -0.05) is 24.3 Å². The normalized spacial score (nSPS) is 12.8. The topological polar surface area (TPSA) is 75.3 Å². The van der Waals surface area contributed by atoms with Crippen LogP contribution in [0, 0.1) is 0 Å². The molecule has 2 aromatic carbocycles. The molecule has 0 aliphatic carbocycles. The van der Waals surface area contributed by atoms with Gasteiger partial charge in [0.1, 0.15) is 0 Å². The first-order chi connectivity index (χ1) is 9.66. The van der Waals surface area contributed by atoms with E-state index in [1.807, 2.05) is 6.07 Å². The molecule has 5 heteroatoms. The van der Waals surface area contributed by atoms with Crippen LogP contribution in [0.15, 0.2) is 48.5 Å². The number of anilines is 1. The highest BCUT2D eigenvalue weighted by atomic mass is 16.2. The second kappa shape index (κ2) is 4.62. The fourth-order valence-electron chi connectivity index (χ4n) is 2.11. The van der Waals surface area contributed by atoms with Crippen LogP contribution in [0.2, 0.25) is 0 Å². The van der Waals surface area contributed by atoms with Crippen LogP contribution in [0.5, 0.6) is 0 Å². The standard InChI is InChI=1S/C15H10N2O3/c18-13(9-5-2-1-3-6-9)16-11-8-4-7-10-12(11)15(20)17-14(10)19/h1-8H,(H,16,18)(H,17,19,20). The van der Waals surface area contributed by atoms with Crippen LogP contribution in [0.25, 0.3) is 0 Å². The van der Waals surface area contributed by atoms with E-state index in [0.717, 1.165) is 0 Å². The fraction of sp³-hybridized carbons (Fsp3) is 0. The Morgan fingerprint density at radius 3 is 2.40 bits per heavy atom. The first-order valence-corrected chi connectivity index (χ1v) is 6.02. The number of nitrogens with one attached hydrogen (secondary N) is 2. The van der Waals surface area contributed by atoms with Crippen LogP contribution in [-0.4, -0.2) is 17.7 Å². The number of amides is 3. The summed E-state index contributed by atoms with van der Waals surface area (Å²) in [6, 6.07) is 13.4. The van der Waals surface area contributed by atoms with Gasteiger partial charge in [-0.05, 0) is 24.3 Å². The molecule has 20 heavy (non-hydrogen) atoms. The third-order valence-electron chi connectivity index (χ3n) is 3.05. The molecular formula is C15H10N2O3. The van der Waals surface area contributed by atoms with Gasteiger partial charge in [-0.15, -0.1) is 0 Å². The van der Waals surface area contributed by atoms with Crippen LogP contribution in [0.4, 0.5) is 5.69 Å². The van der Waals surface area contributed by atoms with Crippen LogP contribution < -0.4 is 10.6 Å². The lowest BCUT2D eigenvalue weighted by molar-refractivity contribution is 0.0879. The second-order valence-corrected chi connectivity index (χ2v) is 4.33. The molecule has 0 saturated carbocycles. The summed E-state index contributed by atoms with van der Waals surface area (Å²) in [6.07, 6.45) is 0. The van der Waals surface area contributed by atoms with Gasteiger partial charge in [0, 0.05) is 5.56 Å². The summed E-state index contributed by atoms with van der Waals surface area (Å²) < 4.78 is 0. The number of benzene rings is 2. The molecule has 2 N–H and O–H groups in total. The maximum Gasteiger partial charge on any atom is 0.261 e. The molecule has 0 aromatic heterocycles. The molecule has 1 heterocycles. The SMILES string of the molecule is O=C(Nc1cccc2c1C(=O)NC2=O)c1ccccc1. The lowest BCUT2D eigenvalue weighted by atomic mass is 10.1. The van der Waals surface area contributed by atoms with E-state index in [0.29, 0.717) is 11.3 Å². The van der Waals surface area contributed by atoms with Gasteiger partial charge in [0.15, 0.2) is 0 Å². The maximum atomic E-state index is 12.1. The lowest BCUT2D eigenvalue weighted by Gasteiger charge is -2.08. The summed E-state index contributed by atoms with van der Waals surface area (Å²) in [5.74, 6) is -1.26. The van der Waals surface area contributed by atoms with Crippen molar-refractivity contribution in [2.75, 3.05) is 5.32 Å². The largest absolute Gasteiger partial charge is 0.321 e. The Labute approximate surface area is 114 Å². The Balaban J connectivity index is 1.96. The molecule has 0 saturated heterocycles. The van der Waals surface area contributed by atoms with Crippen molar-refractivity contribution >= 4 is 23.4 Å². The minimum absolute atomic E-state index is 0.210. The molecule has 0 fully saturated rings. The quantitative estimate of drug-likeness (QED) is 0.814. The fourth-order valence-corrected chi connectivity index (χ4v) is 2.11. The molecule has 0 spiro atoms. The summed E-state index contributed by atoms with van der Waals surface area (Å²) in [7, 11) is 0. The van der Waals surface area contributed by atoms with Crippen LogP contribution >= 0.6 is 0 Å². The smallest absolute Gasteiger partial charge is 0.261 e. The lowest BCUT2D eigenvalue weighted by Crippen LogP contribution is -2.20. The van der Waals surface area contributed by atoms with Crippen molar-refractivity contribution in [3.63, 3.8) is 0 Å². The van der Waals surface area contributed by atoms with E-state index >= 15 is 0 Å². The van der Waals surface area contributed by atoms with Crippen molar-refractivity contribution in [3.8, 4) is 0 Å². The number of imide groups is 1. The van der Waals surface area contributed by atoms with Gasteiger partial charge >= 0.3 is 0 Å². The van der Waals surface area contributed by atoms with E-state index in [1.165, 1.54) is 0 Å². The molecule has 1 aliphatic rings. The summed E-state index contributed by atoms with van der Waals surface area (Å²) in [6.45, 7) is 0. The van der Waals surface area contributed by atoms with E-state index in [2.05, 4.69) is 10.6 Å². The van der Waals surface area contributed by atoms with Gasteiger partial charge < -0.3 is 5.32 Å². The number of carbonyl (C=O) groups is 3. The van der Waals surface area contributed by atoms with Crippen LogP contribution in [0.3, 0.4) is 0 Å². The molecule has 5 nitrogen and oxygen atoms in total. The minimum Gasteiger partial charge on any atom is -0.321 e. The predicted octanol–water partition coefficient (Wildman–Crippen LogP) is 1.82. The highest BCUT2D eigenvalue weighted by Gasteiger charge is 2.29. The summed E-state index contributed by atoms with van der Waals surface area (Å²) in [4.78, 5) is 35.3. The van der Waals surface area contributed by atoms with Gasteiger partial charge in [-0.25, -0.2) is 0 Å². The van der Waals surface area contributed by atoms with E-state index in [9.17, 15) is 14.4 Å². The molecule has 1 aliphatic heterocycles. The van der Waals surface area contributed by atoms with Crippen LogP contribution in [-0.2, 0) is 0 Å². The van der Waals surface area contributed by atoms with Crippen molar-refractivity contribution in [2.24, 2.45) is 0 Å². The molecule has 0 atom stereocenters. The summed E-state index contributed by atoms with van der Waals surface area (Å²) in [5.41, 5.74) is 1.30. The van der Waals surface area contributed by atoms with E-state index in [4.69, 9.17) is 0 Å². The Morgan fingerprint density at radius 2 is 1.65 bits per heavy atom. The van der Waals surface area contributed by atoms with E-state index in [1.54, 1.807) is 42.5 Å². The first kappa shape index (κ1) is 12.1. The minimum atomic E-state index is -0.492. The summed E-state index contributed by atoms with van der Waals surface area (Å²) >= 11 is 0. The molecule has 98 valence electrons. The monoisotopic (exact) mass is 266 g/mol. The number of hydrogen-bond acceptors (Lipinski definition) is 3. The molecule has 0 radical (unpaired) electrons. The average molecular weight is 266 g/mol.